The molecule has 2 aliphatic heterocycles. The molecule has 208 valence electrons. The first-order chi connectivity index (χ1) is 19.5. The molecule has 0 saturated carbocycles. The average molecular weight is 538 g/mol. The number of aromatic nitrogens is 2. The van der Waals surface area contributed by atoms with Crippen molar-refractivity contribution in [2.45, 2.75) is 39.2 Å². The minimum atomic E-state index is -0.506. The molecular formula is C33H39N5O2. The number of benzene rings is 1. The number of hydrogen-bond acceptors (Lipinski definition) is 5. The third-order valence-electron chi connectivity index (χ3n) is 8.93. The number of rotatable bonds is 6. The summed E-state index contributed by atoms with van der Waals surface area (Å²) in [6.45, 7) is 8.63. The molecule has 0 bridgehead atoms. The minimum absolute atomic E-state index is 0.428. The number of pyridine rings is 1. The maximum absolute atomic E-state index is 11.6. The van der Waals surface area contributed by atoms with Gasteiger partial charge in [-0.1, -0.05) is 49.4 Å². The van der Waals surface area contributed by atoms with E-state index in [1.54, 1.807) is 17.6 Å². The van der Waals surface area contributed by atoms with E-state index < -0.39 is 5.91 Å². The number of hydroxylamine groups is 1. The van der Waals surface area contributed by atoms with Crippen LogP contribution in [0.5, 0.6) is 0 Å². The molecule has 3 aromatic rings. The SMILES string of the molecule is CC1C=C(CN2CCC3(CCN(c4cnc5c(ccn5Cc5ccc(C(=O)NO)cc5)c4)CC3)C2)C=CC=CC1. The topological polar surface area (TPSA) is 73.6 Å². The van der Waals surface area contributed by atoms with Crippen LogP contribution in [-0.2, 0) is 6.54 Å². The third kappa shape index (κ3) is 5.76. The highest BCUT2D eigenvalue weighted by atomic mass is 16.5. The van der Waals surface area contributed by atoms with Crippen molar-refractivity contribution in [2.24, 2.45) is 11.3 Å². The molecule has 2 saturated heterocycles. The van der Waals surface area contributed by atoms with E-state index >= 15 is 0 Å². The molecule has 1 spiro atoms. The van der Waals surface area contributed by atoms with Crippen molar-refractivity contribution in [3.05, 3.63) is 95.9 Å². The highest BCUT2D eigenvalue weighted by Crippen LogP contribution is 2.41. The van der Waals surface area contributed by atoms with Crippen LogP contribution in [0.4, 0.5) is 5.69 Å². The van der Waals surface area contributed by atoms with Crippen LogP contribution in [0.15, 0.2) is 84.7 Å². The van der Waals surface area contributed by atoms with Gasteiger partial charge in [-0.25, -0.2) is 10.5 Å². The fourth-order valence-electron chi connectivity index (χ4n) is 6.60. The normalized spacial score (nSPS) is 21.0. The summed E-state index contributed by atoms with van der Waals surface area (Å²) in [5.41, 5.74) is 7.25. The van der Waals surface area contributed by atoms with Gasteiger partial charge < -0.3 is 9.47 Å². The summed E-state index contributed by atoms with van der Waals surface area (Å²) in [6.07, 6.45) is 20.4. The second-order valence-corrected chi connectivity index (χ2v) is 11.9. The molecule has 3 aliphatic rings. The third-order valence-corrected chi connectivity index (χ3v) is 8.93. The highest BCUT2D eigenvalue weighted by Gasteiger charge is 2.40. The predicted molar refractivity (Wildman–Crippen MR) is 160 cm³/mol. The molecule has 1 unspecified atom stereocenters. The number of nitrogens with zero attached hydrogens (tertiary/aromatic N) is 4. The van der Waals surface area contributed by atoms with Crippen LogP contribution in [-0.4, -0.2) is 58.3 Å². The molecule has 2 N–H and O–H groups in total. The number of amides is 1. The summed E-state index contributed by atoms with van der Waals surface area (Å²) in [6, 6.07) is 11.7. The van der Waals surface area contributed by atoms with E-state index in [0.29, 0.717) is 23.4 Å². The lowest BCUT2D eigenvalue weighted by atomic mass is 9.77. The Morgan fingerprint density at radius 2 is 1.88 bits per heavy atom. The monoisotopic (exact) mass is 537 g/mol. The molecule has 40 heavy (non-hydrogen) atoms. The van der Waals surface area contributed by atoms with Crippen molar-refractivity contribution < 1.29 is 10.0 Å². The predicted octanol–water partition coefficient (Wildman–Crippen LogP) is 5.57. The quantitative estimate of drug-likeness (QED) is 0.318. The Morgan fingerprint density at radius 3 is 2.67 bits per heavy atom. The van der Waals surface area contributed by atoms with E-state index in [9.17, 15) is 4.79 Å². The second-order valence-electron chi connectivity index (χ2n) is 11.9. The Balaban J connectivity index is 1.06. The van der Waals surface area contributed by atoms with Gasteiger partial charge in [-0.05, 0) is 79.0 Å². The van der Waals surface area contributed by atoms with Crippen LogP contribution in [0.25, 0.3) is 11.0 Å². The lowest BCUT2D eigenvalue weighted by Crippen LogP contribution is -2.41. The van der Waals surface area contributed by atoms with Gasteiger partial charge in [-0.2, -0.15) is 0 Å². The second kappa shape index (κ2) is 11.4. The van der Waals surface area contributed by atoms with Crippen molar-refractivity contribution in [1.82, 2.24) is 19.9 Å². The molecule has 1 atom stereocenters. The van der Waals surface area contributed by atoms with E-state index in [-0.39, 0.29) is 0 Å². The van der Waals surface area contributed by atoms with Crippen molar-refractivity contribution in [3.63, 3.8) is 0 Å². The van der Waals surface area contributed by atoms with Gasteiger partial charge in [0, 0.05) is 49.9 Å². The van der Waals surface area contributed by atoms with Gasteiger partial charge in [0.25, 0.3) is 5.91 Å². The number of nitrogens with one attached hydrogen (secondary N) is 1. The van der Waals surface area contributed by atoms with Crippen molar-refractivity contribution >= 4 is 22.6 Å². The van der Waals surface area contributed by atoms with Crippen LogP contribution in [0.2, 0.25) is 0 Å². The van der Waals surface area contributed by atoms with E-state index in [1.165, 1.54) is 43.6 Å². The van der Waals surface area contributed by atoms with Crippen LogP contribution < -0.4 is 10.4 Å². The maximum Gasteiger partial charge on any atom is 0.274 e. The summed E-state index contributed by atoms with van der Waals surface area (Å²) in [7, 11) is 0. The Bertz CT molecular complexity index is 1440. The standard InChI is InChI=1S/C33H39N5O2/c1-25-5-3-2-4-6-27(19-25)22-36-16-12-33(24-36)13-17-37(18-14-33)30-20-29-11-15-38(31(29)34-21-30)23-26-7-9-28(10-8-26)32(39)35-40/h2-4,6-11,15,19-21,25,40H,5,12-14,16-18,22-24H2,1H3,(H,35,39). The molecule has 1 aromatic carbocycles. The van der Waals surface area contributed by atoms with Gasteiger partial charge in [-0.15, -0.1) is 0 Å². The lowest BCUT2D eigenvalue weighted by Gasteiger charge is -2.40. The minimum Gasteiger partial charge on any atom is -0.370 e. The summed E-state index contributed by atoms with van der Waals surface area (Å²) < 4.78 is 2.14. The fourth-order valence-corrected chi connectivity index (χ4v) is 6.60. The van der Waals surface area contributed by atoms with Crippen LogP contribution in [0.1, 0.15) is 48.5 Å². The van der Waals surface area contributed by atoms with E-state index in [2.05, 4.69) is 70.0 Å². The van der Waals surface area contributed by atoms with E-state index in [0.717, 1.165) is 42.7 Å². The number of allylic oxidation sites excluding steroid dienone is 4. The molecule has 6 rings (SSSR count). The molecule has 2 fully saturated rings. The maximum atomic E-state index is 11.6. The fraction of sp³-hybridized carbons (Fsp3) is 0.394. The average Bonchev–Trinajstić information content (AvgIpc) is 3.55. The Hall–Kier alpha value is -3.68. The number of carbonyl (C=O) groups is 1. The van der Waals surface area contributed by atoms with Crippen molar-refractivity contribution in [1.29, 1.82) is 0 Å². The zero-order valence-corrected chi connectivity index (χ0v) is 23.3. The molecule has 4 heterocycles. The van der Waals surface area contributed by atoms with Crippen LogP contribution in [0, 0.1) is 11.3 Å². The molecular weight excluding hydrogens is 498 g/mol. The van der Waals surface area contributed by atoms with E-state index in [4.69, 9.17) is 10.2 Å². The van der Waals surface area contributed by atoms with Crippen LogP contribution in [0.3, 0.4) is 0 Å². The van der Waals surface area contributed by atoms with Crippen LogP contribution >= 0.6 is 0 Å². The van der Waals surface area contributed by atoms with E-state index in [1.807, 2.05) is 18.3 Å². The number of fused-ring (bicyclic) bond motifs is 1. The lowest BCUT2D eigenvalue weighted by molar-refractivity contribution is 0.0706. The summed E-state index contributed by atoms with van der Waals surface area (Å²) in [4.78, 5) is 21.6. The molecule has 1 amide bonds. The molecule has 7 heteroatoms. The number of anilines is 1. The first kappa shape index (κ1) is 26.5. The zero-order valence-electron chi connectivity index (χ0n) is 23.3. The highest BCUT2D eigenvalue weighted by molar-refractivity contribution is 5.93. The Labute approximate surface area is 236 Å². The molecule has 0 radical (unpaired) electrons. The van der Waals surface area contributed by atoms with Crippen molar-refractivity contribution in [2.75, 3.05) is 37.6 Å². The number of carbonyl (C=O) groups excluding carboxylic acids is 1. The van der Waals surface area contributed by atoms with Gasteiger partial charge in [0.15, 0.2) is 0 Å². The molecule has 2 aromatic heterocycles. The summed E-state index contributed by atoms with van der Waals surface area (Å²) in [5.74, 6) is 0.0984. The number of piperidine rings is 1. The number of hydrogen-bond donors (Lipinski definition) is 2. The van der Waals surface area contributed by atoms with Gasteiger partial charge >= 0.3 is 0 Å². The molecule has 1 aliphatic carbocycles. The molecule has 7 nitrogen and oxygen atoms in total. The first-order valence-electron chi connectivity index (χ1n) is 14.5. The number of likely N-dealkylation sites (tertiary alicyclic amines) is 1. The first-order valence-corrected chi connectivity index (χ1v) is 14.5. The largest absolute Gasteiger partial charge is 0.370 e. The summed E-state index contributed by atoms with van der Waals surface area (Å²) in [5, 5.41) is 9.96. The van der Waals surface area contributed by atoms with Gasteiger partial charge in [0.1, 0.15) is 5.65 Å². The van der Waals surface area contributed by atoms with Gasteiger partial charge in [0.05, 0.1) is 11.9 Å². The van der Waals surface area contributed by atoms with Gasteiger partial charge in [0.2, 0.25) is 0 Å². The van der Waals surface area contributed by atoms with Crippen molar-refractivity contribution in [3.8, 4) is 0 Å². The zero-order chi connectivity index (χ0) is 27.5. The smallest absolute Gasteiger partial charge is 0.274 e. The Kier molecular flexibility index (Phi) is 7.59. The summed E-state index contributed by atoms with van der Waals surface area (Å²) >= 11 is 0. The van der Waals surface area contributed by atoms with Gasteiger partial charge in [-0.3, -0.25) is 14.9 Å². The Morgan fingerprint density at radius 1 is 1.07 bits per heavy atom.